The lowest BCUT2D eigenvalue weighted by atomic mass is 9.94. The first-order valence-corrected chi connectivity index (χ1v) is 3.87. The third kappa shape index (κ3) is 3.12. The van der Waals surface area contributed by atoms with Crippen molar-refractivity contribution < 1.29 is 13.5 Å². The summed E-state index contributed by atoms with van der Waals surface area (Å²) in [5.74, 6) is 0. The third-order valence-electron chi connectivity index (χ3n) is 1.96. The van der Waals surface area contributed by atoms with Crippen LogP contribution in [0.1, 0.15) is 25.7 Å². The van der Waals surface area contributed by atoms with E-state index in [1.165, 1.54) is 0 Å². The molecule has 1 aliphatic rings. The number of rotatable bonds is 2. The van der Waals surface area contributed by atoms with Gasteiger partial charge < -0.3 is 10.5 Å². The van der Waals surface area contributed by atoms with Gasteiger partial charge in [-0.25, -0.2) is 0 Å². The topological polar surface area (TPSA) is 35.2 Å². The van der Waals surface area contributed by atoms with Crippen molar-refractivity contribution in [1.82, 2.24) is 0 Å². The van der Waals surface area contributed by atoms with E-state index in [-0.39, 0.29) is 12.1 Å². The Morgan fingerprint density at radius 3 is 2.64 bits per heavy atom. The summed E-state index contributed by atoms with van der Waals surface area (Å²) < 4.78 is 27.7. The lowest BCUT2D eigenvalue weighted by molar-refractivity contribution is -0.170. The van der Waals surface area contributed by atoms with Crippen molar-refractivity contribution in [3.63, 3.8) is 0 Å². The molecule has 0 radical (unpaired) electrons. The van der Waals surface area contributed by atoms with E-state index in [0.29, 0.717) is 6.42 Å². The fourth-order valence-electron chi connectivity index (χ4n) is 1.45. The van der Waals surface area contributed by atoms with Gasteiger partial charge in [0, 0.05) is 6.04 Å². The minimum absolute atomic E-state index is 0.0486. The Morgan fingerprint density at radius 2 is 2.09 bits per heavy atom. The van der Waals surface area contributed by atoms with Gasteiger partial charge in [0.1, 0.15) is 0 Å². The Kier molecular flexibility index (Phi) is 3.20. The van der Waals surface area contributed by atoms with Crippen LogP contribution in [0.25, 0.3) is 0 Å². The molecule has 0 saturated heterocycles. The van der Waals surface area contributed by atoms with Gasteiger partial charge in [-0.15, -0.1) is 0 Å². The summed E-state index contributed by atoms with van der Waals surface area (Å²) >= 11 is 0. The molecule has 0 bridgehead atoms. The largest absolute Gasteiger partial charge is 0.345 e. The van der Waals surface area contributed by atoms with Crippen LogP contribution in [0.5, 0.6) is 0 Å². The molecular weight excluding hydrogens is 152 g/mol. The maximum Gasteiger partial charge on any atom is 0.345 e. The average molecular weight is 165 g/mol. The van der Waals surface area contributed by atoms with E-state index in [0.717, 1.165) is 19.3 Å². The third-order valence-corrected chi connectivity index (χ3v) is 1.96. The molecule has 1 saturated carbocycles. The van der Waals surface area contributed by atoms with Crippen LogP contribution in [-0.4, -0.2) is 18.8 Å². The Labute approximate surface area is 64.7 Å². The van der Waals surface area contributed by atoms with E-state index in [9.17, 15) is 8.78 Å². The fourth-order valence-corrected chi connectivity index (χ4v) is 1.45. The quantitative estimate of drug-likeness (QED) is 0.672. The molecule has 0 spiro atoms. The SMILES string of the molecule is NC1CCC[C@H](OC(F)F)C1. The maximum atomic E-state index is 11.7. The van der Waals surface area contributed by atoms with E-state index >= 15 is 0 Å². The number of halogens is 2. The molecule has 0 heterocycles. The number of hydrogen-bond acceptors (Lipinski definition) is 2. The molecule has 2 nitrogen and oxygen atoms in total. The molecule has 1 aliphatic carbocycles. The second kappa shape index (κ2) is 3.97. The van der Waals surface area contributed by atoms with Gasteiger partial charge in [0.2, 0.25) is 0 Å². The molecule has 2 atom stereocenters. The van der Waals surface area contributed by atoms with Crippen LogP contribution in [-0.2, 0) is 4.74 Å². The van der Waals surface area contributed by atoms with Gasteiger partial charge >= 0.3 is 6.61 Å². The number of hydrogen-bond donors (Lipinski definition) is 1. The highest BCUT2D eigenvalue weighted by Gasteiger charge is 2.22. The highest BCUT2D eigenvalue weighted by Crippen LogP contribution is 2.21. The smallest absolute Gasteiger partial charge is 0.328 e. The fraction of sp³-hybridized carbons (Fsp3) is 1.00. The summed E-state index contributed by atoms with van der Waals surface area (Å²) in [6.07, 6.45) is 2.81. The summed E-state index contributed by atoms with van der Waals surface area (Å²) in [6.45, 7) is -2.65. The molecule has 0 aromatic heterocycles. The zero-order valence-electron chi connectivity index (χ0n) is 6.30. The summed E-state index contributed by atoms with van der Waals surface area (Å²) in [5.41, 5.74) is 5.58. The van der Waals surface area contributed by atoms with Crippen LogP contribution in [0.3, 0.4) is 0 Å². The van der Waals surface area contributed by atoms with Gasteiger partial charge in [-0.3, -0.25) is 0 Å². The minimum atomic E-state index is -2.65. The van der Waals surface area contributed by atoms with E-state index in [4.69, 9.17) is 5.73 Å². The van der Waals surface area contributed by atoms with Gasteiger partial charge in [-0.2, -0.15) is 8.78 Å². The van der Waals surface area contributed by atoms with Gasteiger partial charge in [-0.1, -0.05) is 0 Å². The standard InChI is InChI=1S/C7H13F2NO/c8-7(9)11-6-3-1-2-5(10)4-6/h5-7H,1-4,10H2/t5?,6-/m0/s1. The van der Waals surface area contributed by atoms with Crippen molar-refractivity contribution >= 4 is 0 Å². The molecule has 66 valence electrons. The second-order valence-electron chi connectivity index (χ2n) is 2.95. The number of nitrogens with two attached hydrogens (primary N) is 1. The molecule has 1 unspecified atom stereocenters. The normalized spacial score (nSPS) is 32.7. The first-order chi connectivity index (χ1) is 5.18. The van der Waals surface area contributed by atoms with Crippen molar-refractivity contribution in [3.05, 3.63) is 0 Å². The summed E-state index contributed by atoms with van der Waals surface area (Å²) in [6, 6.07) is 0.0486. The highest BCUT2D eigenvalue weighted by atomic mass is 19.3. The number of alkyl halides is 2. The van der Waals surface area contributed by atoms with Crippen molar-refractivity contribution in [3.8, 4) is 0 Å². The summed E-state index contributed by atoms with van der Waals surface area (Å²) in [7, 11) is 0. The maximum absolute atomic E-state index is 11.7. The second-order valence-corrected chi connectivity index (χ2v) is 2.95. The van der Waals surface area contributed by atoms with Gasteiger partial charge in [0.05, 0.1) is 6.10 Å². The van der Waals surface area contributed by atoms with Crippen LogP contribution < -0.4 is 5.73 Å². The van der Waals surface area contributed by atoms with Gasteiger partial charge in [0.25, 0.3) is 0 Å². The molecule has 1 fully saturated rings. The molecular formula is C7H13F2NO. The molecule has 0 amide bonds. The predicted octanol–water partition coefficient (Wildman–Crippen LogP) is 1.50. The summed E-state index contributed by atoms with van der Waals surface area (Å²) in [4.78, 5) is 0. The Morgan fingerprint density at radius 1 is 1.36 bits per heavy atom. The van der Waals surface area contributed by atoms with Crippen LogP contribution in [0.15, 0.2) is 0 Å². The van der Waals surface area contributed by atoms with Crippen molar-refractivity contribution in [2.24, 2.45) is 5.73 Å². The molecule has 0 aromatic carbocycles. The lowest BCUT2D eigenvalue weighted by Crippen LogP contribution is -2.33. The lowest BCUT2D eigenvalue weighted by Gasteiger charge is -2.25. The highest BCUT2D eigenvalue weighted by molar-refractivity contribution is 4.75. The molecule has 11 heavy (non-hydrogen) atoms. The van der Waals surface area contributed by atoms with Crippen LogP contribution in [0, 0.1) is 0 Å². The zero-order valence-corrected chi connectivity index (χ0v) is 6.30. The van der Waals surface area contributed by atoms with Crippen molar-refractivity contribution in [2.75, 3.05) is 0 Å². The van der Waals surface area contributed by atoms with E-state index in [2.05, 4.69) is 4.74 Å². The van der Waals surface area contributed by atoms with E-state index in [1.807, 2.05) is 0 Å². The van der Waals surface area contributed by atoms with Gasteiger partial charge in [0.15, 0.2) is 0 Å². The van der Waals surface area contributed by atoms with Crippen molar-refractivity contribution in [2.45, 2.75) is 44.4 Å². The minimum Gasteiger partial charge on any atom is -0.328 e. The zero-order chi connectivity index (χ0) is 8.27. The van der Waals surface area contributed by atoms with E-state index < -0.39 is 6.61 Å². The van der Waals surface area contributed by atoms with Crippen LogP contribution in [0.2, 0.25) is 0 Å². The summed E-state index contributed by atoms with van der Waals surface area (Å²) in [5, 5.41) is 0. The van der Waals surface area contributed by atoms with Crippen LogP contribution >= 0.6 is 0 Å². The molecule has 4 heteroatoms. The first kappa shape index (κ1) is 8.87. The number of ether oxygens (including phenoxy) is 1. The van der Waals surface area contributed by atoms with Gasteiger partial charge in [-0.05, 0) is 25.7 Å². The van der Waals surface area contributed by atoms with Crippen molar-refractivity contribution in [1.29, 1.82) is 0 Å². The van der Waals surface area contributed by atoms with E-state index in [1.54, 1.807) is 0 Å². The molecule has 0 aromatic rings. The first-order valence-electron chi connectivity index (χ1n) is 3.87. The molecule has 0 aliphatic heterocycles. The molecule has 1 rings (SSSR count). The monoisotopic (exact) mass is 165 g/mol. The van der Waals surface area contributed by atoms with Crippen LogP contribution in [0.4, 0.5) is 8.78 Å². The average Bonchev–Trinajstić information content (AvgIpc) is 1.85. The molecule has 2 N–H and O–H groups in total. The Bertz CT molecular complexity index is 119. The predicted molar refractivity (Wildman–Crippen MR) is 37.3 cm³/mol. The Hall–Kier alpha value is -0.220. The Balaban J connectivity index is 2.23.